The lowest BCUT2D eigenvalue weighted by Gasteiger charge is -1.93. The van der Waals surface area contributed by atoms with Crippen molar-refractivity contribution in [3.63, 3.8) is 0 Å². The first-order valence-electron chi connectivity index (χ1n) is 4.61. The van der Waals surface area contributed by atoms with Gasteiger partial charge in [0.15, 0.2) is 0 Å². The summed E-state index contributed by atoms with van der Waals surface area (Å²) in [4.78, 5) is 0. The van der Waals surface area contributed by atoms with Gasteiger partial charge < -0.3 is 0 Å². The van der Waals surface area contributed by atoms with Crippen molar-refractivity contribution >= 4 is 0 Å². The number of unbranched alkanes of at least 4 members (excludes halogenated alkanes) is 2. The second-order valence-electron chi connectivity index (χ2n) is 3.06. The van der Waals surface area contributed by atoms with Crippen LogP contribution in [0.15, 0.2) is 18.7 Å². The van der Waals surface area contributed by atoms with Crippen molar-refractivity contribution in [3.8, 4) is 0 Å². The van der Waals surface area contributed by atoms with E-state index in [2.05, 4.69) is 24.0 Å². The molecular formula is C10H17N2+. The van der Waals surface area contributed by atoms with E-state index in [-0.39, 0.29) is 0 Å². The lowest BCUT2D eigenvalue weighted by Crippen LogP contribution is -2.30. The molecule has 1 aromatic rings. The molecule has 0 aliphatic rings. The third kappa shape index (κ3) is 2.68. The van der Waals surface area contributed by atoms with Crippen molar-refractivity contribution in [2.75, 3.05) is 0 Å². The Labute approximate surface area is 74.8 Å². The van der Waals surface area contributed by atoms with Gasteiger partial charge in [0.1, 0.15) is 12.4 Å². The Balaban J connectivity index is 2.31. The lowest BCUT2D eigenvalue weighted by atomic mass is 10.2. The molecule has 66 valence electrons. The number of aromatic nitrogens is 2. The highest BCUT2D eigenvalue weighted by Crippen LogP contribution is 1.93. The van der Waals surface area contributed by atoms with Gasteiger partial charge in [0, 0.05) is 6.92 Å². The van der Waals surface area contributed by atoms with E-state index in [4.69, 9.17) is 6.92 Å². The van der Waals surface area contributed by atoms with E-state index in [1.54, 1.807) is 0 Å². The minimum atomic E-state index is 0.570. The zero-order valence-corrected chi connectivity index (χ0v) is 7.74. The average molecular weight is 165 g/mol. The number of imidazole rings is 1. The van der Waals surface area contributed by atoms with E-state index >= 15 is 0 Å². The monoisotopic (exact) mass is 165 g/mol. The van der Waals surface area contributed by atoms with Crippen LogP contribution in [0, 0.1) is 6.92 Å². The van der Waals surface area contributed by atoms with E-state index in [0.29, 0.717) is 6.54 Å². The smallest absolute Gasteiger partial charge is 0.237 e. The van der Waals surface area contributed by atoms with Crippen LogP contribution in [0.5, 0.6) is 0 Å². The van der Waals surface area contributed by atoms with E-state index < -0.39 is 0 Å². The van der Waals surface area contributed by atoms with Crippen LogP contribution in [0.25, 0.3) is 0 Å². The lowest BCUT2D eigenvalue weighted by molar-refractivity contribution is -0.696. The molecule has 2 heteroatoms. The molecule has 0 amide bonds. The molecule has 0 N–H and O–H groups in total. The molecule has 0 bridgehead atoms. The molecule has 0 fully saturated rings. The van der Waals surface area contributed by atoms with Gasteiger partial charge in [-0.2, -0.15) is 0 Å². The van der Waals surface area contributed by atoms with Crippen LogP contribution in [0.1, 0.15) is 26.2 Å². The van der Waals surface area contributed by atoms with E-state index in [0.717, 1.165) is 6.54 Å². The predicted octanol–water partition coefficient (Wildman–Crippen LogP) is 1.68. The summed E-state index contributed by atoms with van der Waals surface area (Å²) >= 11 is 0. The molecule has 1 heterocycles. The van der Waals surface area contributed by atoms with Gasteiger partial charge in [0.2, 0.25) is 6.33 Å². The molecule has 1 aromatic heterocycles. The zero-order valence-electron chi connectivity index (χ0n) is 7.74. The first-order chi connectivity index (χ1) is 5.86. The normalized spacial score (nSPS) is 10.5. The predicted molar refractivity (Wildman–Crippen MR) is 48.5 cm³/mol. The van der Waals surface area contributed by atoms with E-state index in [1.165, 1.54) is 19.3 Å². The molecule has 0 unspecified atom stereocenters. The van der Waals surface area contributed by atoms with Gasteiger partial charge in [0.25, 0.3) is 0 Å². The van der Waals surface area contributed by atoms with Crippen molar-refractivity contribution < 1.29 is 4.57 Å². The zero-order chi connectivity index (χ0) is 8.81. The first kappa shape index (κ1) is 9.30. The molecule has 0 saturated heterocycles. The minimum Gasteiger partial charge on any atom is -0.237 e. The van der Waals surface area contributed by atoms with Gasteiger partial charge in [-0.25, -0.2) is 9.13 Å². The maximum absolute atomic E-state index is 5.47. The molecule has 0 saturated carbocycles. The number of hydrogen-bond acceptors (Lipinski definition) is 0. The summed E-state index contributed by atoms with van der Waals surface area (Å²) in [6.07, 6.45) is 9.97. The van der Waals surface area contributed by atoms with Gasteiger partial charge in [0.05, 0.1) is 13.1 Å². The fraction of sp³-hybridized carbons (Fsp3) is 0.600. The number of aryl methyl sites for hydroxylation is 1. The van der Waals surface area contributed by atoms with Crippen LogP contribution in [-0.4, -0.2) is 4.57 Å². The molecule has 0 aliphatic heterocycles. The third-order valence-corrected chi connectivity index (χ3v) is 1.98. The van der Waals surface area contributed by atoms with Crippen LogP contribution in [0.3, 0.4) is 0 Å². The van der Waals surface area contributed by atoms with Crippen molar-refractivity contribution in [2.45, 2.75) is 39.3 Å². The van der Waals surface area contributed by atoms with Crippen LogP contribution in [-0.2, 0) is 13.1 Å². The highest BCUT2D eigenvalue weighted by molar-refractivity contribution is 4.66. The summed E-state index contributed by atoms with van der Waals surface area (Å²) in [5.74, 6) is 0. The topological polar surface area (TPSA) is 8.81 Å². The summed E-state index contributed by atoms with van der Waals surface area (Å²) in [5.41, 5.74) is 0. The second-order valence-corrected chi connectivity index (χ2v) is 3.06. The van der Waals surface area contributed by atoms with Crippen LogP contribution in [0.2, 0.25) is 0 Å². The molecule has 0 atom stereocenters. The van der Waals surface area contributed by atoms with Crippen molar-refractivity contribution in [2.24, 2.45) is 0 Å². The van der Waals surface area contributed by atoms with Crippen molar-refractivity contribution in [1.29, 1.82) is 0 Å². The van der Waals surface area contributed by atoms with Crippen LogP contribution in [0.4, 0.5) is 0 Å². The van der Waals surface area contributed by atoms with E-state index in [9.17, 15) is 0 Å². The quantitative estimate of drug-likeness (QED) is 0.463. The summed E-state index contributed by atoms with van der Waals surface area (Å²) in [7, 11) is 0. The SMILES string of the molecule is [CH]Cn1cc[n+](CCCCC)c1. The van der Waals surface area contributed by atoms with Crippen molar-refractivity contribution in [3.05, 3.63) is 25.6 Å². The highest BCUT2D eigenvalue weighted by Gasteiger charge is 1.99. The van der Waals surface area contributed by atoms with Gasteiger partial charge in [-0.05, 0) is 12.8 Å². The average Bonchev–Trinajstić information content (AvgIpc) is 2.53. The molecule has 2 radical (unpaired) electrons. The molecule has 0 aliphatic carbocycles. The third-order valence-electron chi connectivity index (χ3n) is 1.98. The van der Waals surface area contributed by atoms with E-state index in [1.807, 2.05) is 10.8 Å². The molecule has 0 aromatic carbocycles. The fourth-order valence-corrected chi connectivity index (χ4v) is 1.22. The van der Waals surface area contributed by atoms with Crippen LogP contribution < -0.4 is 4.57 Å². The maximum atomic E-state index is 5.47. The summed E-state index contributed by atoms with van der Waals surface area (Å²) < 4.78 is 4.16. The summed E-state index contributed by atoms with van der Waals surface area (Å²) in [6, 6.07) is 0. The Kier molecular flexibility index (Phi) is 3.85. The Bertz CT molecular complexity index is 215. The molecule has 0 spiro atoms. The summed E-state index contributed by atoms with van der Waals surface area (Å²) in [5, 5.41) is 0. The molecule has 2 nitrogen and oxygen atoms in total. The van der Waals surface area contributed by atoms with Gasteiger partial charge in [-0.15, -0.1) is 0 Å². The Morgan fingerprint density at radius 3 is 2.83 bits per heavy atom. The number of nitrogens with zero attached hydrogens (tertiary/aromatic N) is 2. The Morgan fingerprint density at radius 2 is 2.25 bits per heavy atom. The second kappa shape index (κ2) is 4.96. The van der Waals surface area contributed by atoms with Crippen molar-refractivity contribution in [1.82, 2.24) is 4.57 Å². The number of hydrogen-bond donors (Lipinski definition) is 0. The number of rotatable bonds is 5. The van der Waals surface area contributed by atoms with Crippen LogP contribution >= 0.6 is 0 Å². The van der Waals surface area contributed by atoms with Gasteiger partial charge in [-0.3, -0.25) is 0 Å². The largest absolute Gasteiger partial charge is 0.243 e. The molecule has 12 heavy (non-hydrogen) atoms. The fourth-order valence-electron chi connectivity index (χ4n) is 1.22. The molecule has 1 rings (SSSR count). The summed E-state index contributed by atoms with van der Waals surface area (Å²) in [6.45, 7) is 9.37. The standard InChI is InChI=1S/C10H17N2/c1-3-5-6-7-12-9-8-11(4-2)10-12/h2,8-10H,3-7H2,1H3/q+1. The Morgan fingerprint density at radius 1 is 1.42 bits per heavy atom. The Hall–Kier alpha value is -0.790. The maximum Gasteiger partial charge on any atom is 0.243 e. The first-order valence-corrected chi connectivity index (χ1v) is 4.61. The molecular weight excluding hydrogens is 148 g/mol. The highest BCUT2D eigenvalue weighted by atomic mass is 15.1. The van der Waals surface area contributed by atoms with Gasteiger partial charge >= 0.3 is 0 Å². The van der Waals surface area contributed by atoms with Gasteiger partial charge in [-0.1, -0.05) is 13.3 Å². The minimum absolute atomic E-state index is 0.570.